The number of carboxylic acid groups (broad SMARTS) is 1. The third-order valence-electron chi connectivity index (χ3n) is 2.35. The summed E-state index contributed by atoms with van der Waals surface area (Å²) in [4.78, 5) is 10.5. The number of benzene rings is 1. The molecule has 0 saturated heterocycles. The second-order valence-electron chi connectivity index (χ2n) is 4.35. The van der Waals surface area contributed by atoms with Crippen molar-refractivity contribution in [3.63, 3.8) is 0 Å². The lowest BCUT2D eigenvalue weighted by molar-refractivity contribution is -0.131. The Bertz CT molecular complexity index is 419. The summed E-state index contributed by atoms with van der Waals surface area (Å²) in [5.74, 6) is 0.332. The largest absolute Gasteiger partial charge is 0.496 e. The fraction of sp³-hybridized carbons (Fsp3) is 0.357. The Balaban J connectivity index is 2.97. The zero-order valence-corrected chi connectivity index (χ0v) is 10.4. The maximum atomic E-state index is 10.5. The number of methoxy groups -OCH3 is 1. The molecule has 0 spiro atoms. The molecular formula is C14H18O3. The summed E-state index contributed by atoms with van der Waals surface area (Å²) in [6.45, 7) is 4.31. The molecule has 17 heavy (non-hydrogen) atoms. The van der Waals surface area contributed by atoms with Gasteiger partial charge >= 0.3 is 5.97 Å². The first-order valence-electron chi connectivity index (χ1n) is 5.61. The predicted octanol–water partition coefficient (Wildman–Crippen LogP) is 2.99. The molecule has 0 heterocycles. The van der Waals surface area contributed by atoms with Crippen molar-refractivity contribution in [3.8, 4) is 5.75 Å². The highest BCUT2D eigenvalue weighted by Gasteiger charge is 2.04. The van der Waals surface area contributed by atoms with Gasteiger partial charge in [-0.3, -0.25) is 0 Å². The van der Waals surface area contributed by atoms with Gasteiger partial charge in [-0.15, -0.1) is 0 Å². The highest BCUT2D eigenvalue weighted by atomic mass is 16.5. The van der Waals surface area contributed by atoms with Gasteiger partial charge in [-0.25, -0.2) is 4.79 Å². The molecule has 0 aliphatic rings. The smallest absolute Gasteiger partial charge is 0.328 e. The van der Waals surface area contributed by atoms with Gasteiger partial charge in [0.2, 0.25) is 0 Å². The van der Waals surface area contributed by atoms with E-state index in [0.29, 0.717) is 11.7 Å². The van der Waals surface area contributed by atoms with E-state index in [0.717, 1.165) is 18.1 Å². The first-order valence-corrected chi connectivity index (χ1v) is 5.61. The SMILES string of the molecule is COc1cc(CC(C)C)ccc1C=CC(=O)O. The molecule has 0 aliphatic carbocycles. The van der Waals surface area contributed by atoms with Crippen LogP contribution in [0.4, 0.5) is 0 Å². The lowest BCUT2D eigenvalue weighted by atomic mass is 10.0. The van der Waals surface area contributed by atoms with E-state index < -0.39 is 5.97 Å². The monoisotopic (exact) mass is 234 g/mol. The van der Waals surface area contributed by atoms with Crippen molar-refractivity contribution < 1.29 is 14.6 Å². The van der Waals surface area contributed by atoms with Gasteiger partial charge in [-0.2, -0.15) is 0 Å². The molecule has 0 bridgehead atoms. The fourth-order valence-electron chi connectivity index (χ4n) is 1.65. The molecule has 0 fully saturated rings. The summed E-state index contributed by atoms with van der Waals surface area (Å²) in [5, 5.41) is 8.58. The van der Waals surface area contributed by atoms with E-state index in [-0.39, 0.29) is 0 Å². The van der Waals surface area contributed by atoms with E-state index in [4.69, 9.17) is 9.84 Å². The standard InChI is InChI=1S/C14H18O3/c1-10(2)8-11-4-5-12(6-7-14(15)16)13(9-11)17-3/h4-7,9-10H,8H2,1-3H3,(H,15,16). The summed E-state index contributed by atoms with van der Waals surface area (Å²) in [7, 11) is 1.59. The molecule has 1 rings (SSSR count). The van der Waals surface area contributed by atoms with Gasteiger partial charge in [0, 0.05) is 11.6 Å². The molecule has 1 aromatic carbocycles. The molecule has 0 aromatic heterocycles. The zero-order chi connectivity index (χ0) is 12.8. The van der Waals surface area contributed by atoms with Crippen molar-refractivity contribution in [1.82, 2.24) is 0 Å². The maximum absolute atomic E-state index is 10.5. The van der Waals surface area contributed by atoms with Gasteiger partial charge in [0.15, 0.2) is 0 Å². The molecular weight excluding hydrogens is 216 g/mol. The summed E-state index contributed by atoms with van der Waals surface area (Å²) >= 11 is 0. The quantitative estimate of drug-likeness (QED) is 0.797. The van der Waals surface area contributed by atoms with Crippen LogP contribution < -0.4 is 4.74 Å². The minimum Gasteiger partial charge on any atom is -0.496 e. The minimum atomic E-state index is -0.960. The number of carbonyl (C=O) groups is 1. The van der Waals surface area contributed by atoms with Crippen LogP contribution in [-0.4, -0.2) is 18.2 Å². The van der Waals surface area contributed by atoms with Crippen LogP contribution in [0.5, 0.6) is 5.75 Å². The molecule has 0 amide bonds. The fourth-order valence-corrected chi connectivity index (χ4v) is 1.65. The first-order chi connectivity index (χ1) is 8.02. The Labute approximate surface area is 102 Å². The summed E-state index contributed by atoms with van der Waals surface area (Å²) < 4.78 is 5.26. The van der Waals surface area contributed by atoms with E-state index in [1.165, 1.54) is 5.56 Å². The van der Waals surface area contributed by atoms with Crippen molar-refractivity contribution in [2.45, 2.75) is 20.3 Å². The first kappa shape index (κ1) is 13.3. The number of hydrogen-bond acceptors (Lipinski definition) is 2. The van der Waals surface area contributed by atoms with E-state index in [2.05, 4.69) is 13.8 Å². The minimum absolute atomic E-state index is 0.583. The van der Waals surface area contributed by atoms with Gasteiger partial charge in [0.1, 0.15) is 5.75 Å². The maximum Gasteiger partial charge on any atom is 0.328 e. The molecule has 0 aliphatic heterocycles. The van der Waals surface area contributed by atoms with Gasteiger partial charge in [0.05, 0.1) is 7.11 Å². The Morgan fingerprint density at radius 3 is 2.71 bits per heavy atom. The highest BCUT2D eigenvalue weighted by molar-refractivity contribution is 5.85. The molecule has 0 unspecified atom stereocenters. The van der Waals surface area contributed by atoms with Crippen LogP contribution in [0.25, 0.3) is 6.08 Å². The molecule has 0 saturated carbocycles. The van der Waals surface area contributed by atoms with Crippen molar-refractivity contribution in [2.24, 2.45) is 5.92 Å². The summed E-state index contributed by atoms with van der Waals surface area (Å²) in [6, 6.07) is 5.85. The lowest BCUT2D eigenvalue weighted by Gasteiger charge is -2.09. The van der Waals surface area contributed by atoms with Gasteiger partial charge in [-0.1, -0.05) is 26.0 Å². The number of rotatable bonds is 5. The lowest BCUT2D eigenvalue weighted by Crippen LogP contribution is -1.96. The zero-order valence-electron chi connectivity index (χ0n) is 10.4. The number of carboxylic acids is 1. The van der Waals surface area contributed by atoms with Crippen LogP contribution in [0, 0.1) is 5.92 Å². The average molecular weight is 234 g/mol. The third kappa shape index (κ3) is 4.31. The van der Waals surface area contributed by atoms with E-state index in [1.807, 2.05) is 18.2 Å². The van der Waals surface area contributed by atoms with Crippen LogP contribution in [0.1, 0.15) is 25.0 Å². The normalized spacial score (nSPS) is 11.1. The number of aliphatic carboxylic acids is 1. The highest BCUT2D eigenvalue weighted by Crippen LogP contribution is 2.23. The molecule has 92 valence electrons. The van der Waals surface area contributed by atoms with Crippen LogP contribution in [0.15, 0.2) is 24.3 Å². The van der Waals surface area contributed by atoms with Crippen LogP contribution in [-0.2, 0) is 11.2 Å². The van der Waals surface area contributed by atoms with Crippen LogP contribution in [0.3, 0.4) is 0 Å². The van der Waals surface area contributed by atoms with Gasteiger partial charge in [0.25, 0.3) is 0 Å². The molecule has 3 nitrogen and oxygen atoms in total. The Morgan fingerprint density at radius 2 is 2.18 bits per heavy atom. The van der Waals surface area contributed by atoms with Crippen molar-refractivity contribution in [3.05, 3.63) is 35.4 Å². The Hall–Kier alpha value is -1.77. The Kier molecular flexibility index (Phi) is 4.76. The third-order valence-corrected chi connectivity index (χ3v) is 2.35. The molecule has 0 radical (unpaired) electrons. The van der Waals surface area contributed by atoms with Gasteiger partial charge < -0.3 is 9.84 Å². The Morgan fingerprint density at radius 1 is 1.47 bits per heavy atom. The summed E-state index contributed by atoms with van der Waals surface area (Å²) in [5.41, 5.74) is 1.98. The van der Waals surface area contributed by atoms with Crippen LogP contribution in [0.2, 0.25) is 0 Å². The van der Waals surface area contributed by atoms with Crippen molar-refractivity contribution in [1.29, 1.82) is 0 Å². The molecule has 3 heteroatoms. The molecule has 0 atom stereocenters. The second-order valence-corrected chi connectivity index (χ2v) is 4.35. The predicted molar refractivity (Wildman–Crippen MR) is 68.2 cm³/mol. The van der Waals surface area contributed by atoms with Crippen molar-refractivity contribution in [2.75, 3.05) is 7.11 Å². The van der Waals surface area contributed by atoms with E-state index in [1.54, 1.807) is 13.2 Å². The molecule has 1 N–H and O–H groups in total. The number of ether oxygens (including phenoxy) is 1. The van der Waals surface area contributed by atoms with Crippen molar-refractivity contribution >= 4 is 12.0 Å². The number of hydrogen-bond donors (Lipinski definition) is 1. The average Bonchev–Trinajstić information content (AvgIpc) is 2.26. The molecule has 1 aromatic rings. The van der Waals surface area contributed by atoms with E-state index in [9.17, 15) is 4.79 Å². The summed E-state index contributed by atoms with van der Waals surface area (Å²) in [6.07, 6.45) is 3.64. The second kappa shape index (κ2) is 6.09. The van der Waals surface area contributed by atoms with Gasteiger partial charge in [-0.05, 0) is 30.0 Å². The van der Waals surface area contributed by atoms with Crippen LogP contribution >= 0.6 is 0 Å². The topological polar surface area (TPSA) is 46.5 Å². The van der Waals surface area contributed by atoms with E-state index >= 15 is 0 Å².